The van der Waals surface area contributed by atoms with Gasteiger partial charge in [0.25, 0.3) is 0 Å². The van der Waals surface area contributed by atoms with Gasteiger partial charge in [-0.05, 0) is 52.7 Å². The van der Waals surface area contributed by atoms with Crippen LogP contribution < -0.4 is 15.2 Å². The third-order valence-corrected chi connectivity index (χ3v) is 4.90. The summed E-state index contributed by atoms with van der Waals surface area (Å²) >= 11 is 5.12. The van der Waals surface area contributed by atoms with Crippen LogP contribution in [-0.2, 0) is 11.3 Å². The highest BCUT2D eigenvalue weighted by atomic mass is 79.9. The number of thiophene rings is 1. The molecule has 1 aromatic carbocycles. The summed E-state index contributed by atoms with van der Waals surface area (Å²) in [5, 5.41) is 0. The van der Waals surface area contributed by atoms with E-state index < -0.39 is 0 Å². The van der Waals surface area contributed by atoms with Gasteiger partial charge in [0.15, 0.2) is 11.5 Å². The summed E-state index contributed by atoms with van der Waals surface area (Å²) < 4.78 is 17.8. The SMILES string of the molecule is CC(N)C(OCc1ccc2c(c1)OCO2)c1ccc(Br)s1. The smallest absolute Gasteiger partial charge is 0.231 e. The summed E-state index contributed by atoms with van der Waals surface area (Å²) in [5.41, 5.74) is 7.10. The van der Waals surface area contributed by atoms with E-state index in [9.17, 15) is 0 Å². The van der Waals surface area contributed by atoms with Crippen LogP contribution in [-0.4, -0.2) is 12.8 Å². The van der Waals surface area contributed by atoms with Crippen LogP contribution in [0.4, 0.5) is 0 Å². The summed E-state index contributed by atoms with van der Waals surface area (Å²) in [4.78, 5) is 1.12. The first-order valence-corrected chi connectivity index (χ1v) is 8.25. The lowest BCUT2D eigenvalue weighted by Gasteiger charge is -2.20. The van der Waals surface area contributed by atoms with Crippen LogP contribution in [0.15, 0.2) is 34.1 Å². The average Bonchev–Trinajstić information content (AvgIpc) is 3.07. The first-order chi connectivity index (χ1) is 10.1. The van der Waals surface area contributed by atoms with Gasteiger partial charge in [-0.15, -0.1) is 11.3 Å². The van der Waals surface area contributed by atoms with Crippen molar-refractivity contribution < 1.29 is 14.2 Å². The Hall–Kier alpha value is -1.08. The van der Waals surface area contributed by atoms with Crippen LogP contribution in [0.25, 0.3) is 0 Å². The molecule has 0 saturated heterocycles. The van der Waals surface area contributed by atoms with Crippen molar-refractivity contribution in [2.45, 2.75) is 25.7 Å². The van der Waals surface area contributed by atoms with Gasteiger partial charge in [0.1, 0.15) is 6.10 Å². The molecule has 0 radical (unpaired) electrons. The maximum atomic E-state index is 6.05. The van der Waals surface area contributed by atoms with Crippen molar-refractivity contribution in [3.63, 3.8) is 0 Å². The molecular weight excluding hydrogens is 354 g/mol. The number of halogens is 1. The Balaban J connectivity index is 1.69. The Morgan fingerprint density at radius 2 is 2.10 bits per heavy atom. The molecule has 2 atom stereocenters. The molecule has 1 aliphatic heterocycles. The maximum absolute atomic E-state index is 6.05. The van der Waals surface area contributed by atoms with Gasteiger partial charge < -0.3 is 19.9 Å². The highest BCUT2D eigenvalue weighted by Crippen LogP contribution is 2.34. The second-order valence-electron chi connectivity index (χ2n) is 4.92. The molecule has 2 unspecified atom stereocenters. The minimum Gasteiger partial charge on any atom is -0.454 e. The predicted molar refractivity (Wildman–Crippen MR) is 85.8 cm³/mol. The quantitative estimate of drug-likeness (QED) is 0.869. The van der Waals surface area contributed by atoms with Crippen molar-refractivity contribution in [2.24, 2.45) is 5.73 Å². The van der Waals surface area contributed by atoms with Crippen molar-refractivity contribution in [3.8, 4) is 11.5 Å². The Morgan fingerprint density at radius 3 is 2.81 bits per heavy atom. The van der Waals surface area contributed by atoms with Crippen LogP contribution in [0.5, 0.6) is 11.5 Å². The molecule has 0 fully saturated rings. The van der Waals surface area contributed by atoms with Crippen molar-refractivity contribution in [3.05, 3.63) is 44.6 Å². The fourth-order valence-electron chi connectivity index (χ4n) is 2.19. The lowest BCUT2D eigenvalue weighted by Crippen LogP contribution is -2.26. The van der Waals surface area contributed by atoms with E-state index in [1.165, 1.54) is 0 Å². The monoisotopic (exact) mass is 369 g/mol. The van der Waals surface area contributed by atoms with E-state index >= 15 is 0 Å². The van der Waals surface area contributed by atoms with E-state index in [2.05, 4.69) is 15.9 Å². The van der Waals surface area contributed by atoms with Crippen molar-refractivity contribution in [2.75, 3.05) is 6.79 Å². The molecule has 6 heteroatoms. The minimum absolute atomic E-state index is 0.0791. The summed E-state index contributed by atoms with van der Waals surface area (Å²) in [6.07, 6.45) is -0.119. The number of rotatable bonds is 5. The first kappa shape index (κ1) is 14.8. The standard InChI is InChI=1S/C15H16BrNO3S/c1-9(17)15(13-4-5-14(16)21-13)18-7-10-2-3-11-12(6-10)20-8-19-11/h2-6,9,15H,7-8,17H2,1H3. The van der Waals surface area contributed by atoms with Crippen molar-refractivity contribution in [1.82, 2.24) is 0 Å². The molecule has 2 aromatic rings. The van der Waals surface area contributed by atoms with Crippen LogP contribution in [0.1, 0.15) is 23.5 Å². The second-order valence-corrected chi connectivity index (χ2v) is 7.41. The largest absolute Gasteiger partial charge is 0.454 e. The summed E-state index contributed by atoms with van der Waals surface area (Å²) in [6, 6.07) is 9.82. The van der Waals surface area contributed by atoms with Crippen molar-refractivity contribution in [1.29, 1.82) is 0 Å². The molecule has 4 nitrogen and oxygen atoms in total. The van der Waals surface area contributed by atoms with E-state index in [4.69, 9.17) is 19.9 Å². The lowest BCUT2D eigenvalue weighted by molar-refractivity contribution is 0.0282. The number of nitrogens with two attached hydrogens (primary N) is 1. The van der Waals surface area contributed by atoms with Gasteiger partial charge in [-0.2, -0.15) is 0 Å². The zero-order valence-electron chi connectivity index (χ0n) is 11.5. The van der Waals surface area contributed by atoms with Gasteiger partial charge in [-0.3, -0.25) is 0 Å². The summed E-state index contributed by atoms with van der Waals surface area (Å²) in [5.74, 6) is 1.55. The van der Waals surface area contributed by atoms with E-state index in [0.29, 0.717) is 6.61 Å². The average molecular weight is 370 g/mol. The Labute approximate surface area is 135 Å². The molecule has 21 heavy (non-hydrogen) atoms. The molecule has 1 aromatic heterocycles. The number of hydrogen-bond donors (Lipinski definition) is 1. The Morgan fingerprint density at radius 1 is 1.29 bits per heavy atom. The lowest BCUT2D eigenvalue weighted by atomic mass is 10.1. The van der Waals surface area contributed by atoms with Gasteiger partial charge in [-0.1, -0.05) is 6.07 Å². The molecule has 0 spiro atoms. The number of fused-ring (bicyclic) bond motifs is 1. The second kappa shape index (κ2) is 6.36. The Bertz CT molecular complexity index is 629. The molecule has 112 valence electrons. The molecular formula is C15H16BrNO3S. The summed E-state index contributed by atoms with van der Waals surface area (Å²) in [6.45, 7) is 2.72. The van der Waals surface area contributed by atoms with E-state index in [1.807, 2.05) is 37.3 Å². The third kappa shape index (κ3) is 3.40. The fraction of sp³-hybridized carbons (Fsp3) is 0.333. The molecule has 0 amide bonds. The first-order valence-electron chi connectivity index (χ1n) is 6.64. The van der Waals surface area contributed by atoms with Crippen LogP contribution in [0.2, 0.25) is 0 Å². The third-order valence-electron chi connectivity index (χ3n) is 3.22. The fourth-order valence-corrected chi connectivity index (χ4v) is 3.78. The highest BCUT2D eigenvalue weighted by molar-refractivity contribution is 9.11. The molecule has 0 aliphatic carbocycles. The summed E-state index contributed by atoms with van der Waals surface area (Å²) in [7, 11) is 0. The van der Waals surface area contributed by atoms with Gasteiger partial charge in [0, 0.05) is 10.9 Å². The zero-order chi connectivity index (χ0) is 14.8. The number of hydrogen-bond acceptors (Lipinski definition) is 5. The molecule has 0 saturated carbocycles. The molecule has 1 aliphatic rings. The van der Waals surface area contributed by atoms with Gasteiger partial charge in [0.2, 0.25) is 6.79 Å². The molecule has 2 N–H and O–H groups in total. The van der Waals surface area contributed by atoms with Crippen molar-refractivity contribution >= 4 is 27.3 Å². The Kier molecular flexibility index (Phi) is 4.49. The van der Waals surface area contributed by atoms with E-state index in [-0.39, 0.29) is 18.9 Å². The van der Waals surface area contributed by atoms with E-state index in [0.717, 1.165) is 25.7 Å². The normalized spacial score (nSPS) is 16.0. The van der Waals surface area contributed by atoms with E-state index in [1.54, 1.807) is 11.3 Å². The van der Waals surface area contributed by atoms with Crippen LogP contribution in [0.3, 0.4) is 0 Å². The van der Waals surface area contributed by atoms with Crippen LogP contribution in [0, 0.1) is 0 Å². The topological polar surface area (TPSA) is 53.7 Å². The molecule has 3 rings (SSSR count). The molecule has 0 bridgehead atoms. The highest BCUT2D eigenvalue weighted by Gasteiger charge is 2.20. The minimum atomic E-state index is -0.119. The van der Waals surface area contributed by atoms with Gasteiger partial charge in [0.05, 0.1) is 10.4 Å². The number of ether oxygens (including phenoxy) is 3. The predicted octanol–water partition coefficient (Wildman–Crippen LogP) is 3.84. The van der Waals surface area contributed by atoms with Gasteiger partial charge >= 0.3 is 0 Å². The molecule has 2 heterocycles. The zero-order valence-corrected chi connectivity index (χ0v) is 13.9. The maximum Gasteiger partial charge on any atom is 0.231 e. The van der Waals surface area contributed by atoms with Crippen LogP contribution >= 0.6 is 27.3 Å². The van der Waals surface area contributed by atoms with Gasteiger partial charge in [-0.25, -0.2) is 0 Å². The number of benzene rings is 1.